The number of carboxylic acid groups (broad SMARTS) is 1. The summed E-state index contributed by atoms with van der Waals surface area (Å²) in [5.74, 6) is 6.48. The molecule has 13 heavy (non-hydrogen) atoms. The topological polar surface area (TPSA) is 37.3 Å². The predicted molar refractivity (Wildman–Crippen MR) is 49.0 cm³/mol. The number of fused-ring (bicyclic) bond motifs is 1. The van der Waals surface area contributed by atoms with E-state index in [0.717, 1.165) is 12.8 Å². The van der Waals surface area contributed by atoms with Crippen molar-refractivity contribution in [2.24, 2.45) is 17.3 Å². The lowest BCUT2D eigenvalue weighted by atomic mass is 9.80. The van der Waals surface area contributed by atoms with Crippen molar-refractivity contribution in [2.75, 3.05) is 0 Å². The number of hydrogen-bond acceptors (Lipinski definition) is 1. The molecule has 0 saturated heterocycles. The van der Waals surface area contributed by atoms with Crippen LogP contribution in [0.2, 0.25) is 0 Å². The van der Waals surface area contributed by atoms with Gasteiger partial charge < -0.3 is 5.11 Å². The molecule has 2 unspecified atom stereocenters. The quantitative estimate of drug-likeness (QED) is 0.656. The van der Waals surface area contributed by atoms with Crippen molar-refractivity contribution < 1.29 is 9.90 Å². The van der Waals surface area contributed by atoms with E-state index in [4.69, 9.17) is 5.11 Å². The molecule has 0 bridgehead atoms. The fraction of sp³-hybridized carbons (Fsp3) is 0.727. The first-order valence-corrected chi connectivity index (χ1v) is 4.81. The Kier molecular flexibility index (Phi) is 1.83. The molecule has 2 nitrogen and oxygen atoms in total. The van der Waals surface area contributed by atoms with Crippen LogP contribution in [-0.4, -0.2) is 11.1 Å². The average Bonchev–Trinajstić information content (AvgIpc) is 2.71. The summed E-state index contributed by atoms with van der Waals surface area (Å²) in [6.07, 6.45) is 3.53. The van der Waals surface area contributed by atoms with Gasteiger partial charge >= 0.3 is 5.97 Å². The zero-order valence-corrected chi connectivity index (χ0v) is 7.84. The van der Waals surface area contributed by atoms with Gasteiger partial charge in [0.1, 0.15) is 0 Å². The minimum Gasteiger partial charge on any atom is -0.481 e. The molecule has 2 heteroatoms. The zero-order chi connectivity index (χ0) is 9.47. The van der Waals surface area contributed by atoms with Crippen LogP contribution in [0, 0.1) is 29.1 Å². The van der Waals surface area contributed by atoms with Crippen LogP contribution in [0.1, 0.15) is 32.6 Å². The molecular weight excluding hydrogens is 164 g/mol. The molecule has 0 aromatic carbocycles. The number of hydrogen-bond donors (Lipinski definition) is 1. The Hall–Kier alpha value is -0.970. The maximum absolute atomic E-state index is 11.1. The fourth-order valence-corrected chi connectivity index (χ4v) is 2.55. The second-order valence-electron chi connectivity index (χ2n) is 4.35. The van der Waals surface area contributed by atoms with E-state index in [1.165, 1.54) is 6.42 Å². The Morgan fingerprint density at radius 2 is 2.15 bits per heavy atom. The van der Waals surface area contributed by atoms with Gasteiger partial charge in [0.05, 0.1) is 5.41 Å². The summed E-state index contributed by atoms with van der Waals surface area (Å²) in [6.45, 7) is 1.77. The van der Waals surface area contributed by atoms with Crippen LogP contribution < -0.4 is 0 Å². The largest absolute Gasteiger partial charge is 0.481 e. The number of carbonyl (C=O) groups is 1. The maximum atomic E-state index is 11.1. The normalized spacial score (nSPS) is 40.4. The minimum absolute atomic E-state index is 0.489. The van der Waals surface area contributed by atoms with E-state index >= 15 is 0 Å². The van der Waals surface area contributed by atoms with Gasteiger partial charge in [-0.2, -0.15) is 0 Å². The smallest absolute Gasteiger partial charge is 0.310 e. The van der Waals surface area contributed by atoms with Gasteiger partial charge in [0, 0.05) is 6.42 Å². The fourth-order valence-electron chi connectivity index (χ4n) is 2.55. The first-order valence-electron chi connectivity index (χ1n) is 4.81. The monoisotopic (exact) mass is 178 g/mol. The van der Waals surface area contributed by atoms with E-state index in [2.05, 4.69) is 11.8 Å². The summed E-state index contributed by atoms with van der Waals surface area (Å²) in [7, 11) is 0. The van der Waals surface area contributed by atoms with Crippen LogP contribution in [0.3, 0.4) is 0 Å². The maximum Gasteiger partial charge on any atom is 0.310 e. The number of aliphatic carboxylic acids is 1. The summed E-state index contributed by atoms with van der Waals surface area (Å²) in [4.78, 5) is 11.1. The second kappa shape index (κ2) is 2.77. The molecule has 0 aromatic heterocycles. The first kappa shape index (κ1) is 8.62. The third kappa shape index (κ3) is 1.33. The van der Waals surface area contributed by atoms with E-state index in [9.17, 15) is 4.79 Å². The number of rotatable bonds is 2. The van der Waals surface area contributed by atoms with E-state index in [-0.39, 0.29) is 0 Å². The summed E-state index contributed by atoms with van der Waals surface area (Å²) < 4.78 is 0. The highest BCUT2D eigenvalue weighted by molar-refractivity contribution is 5.76. The predicted octanol–water partition coefficient (Wildman–Crippen LogP) is 1.90. The summed E-state index contributed by atoms with van der Waals surface area (Å²) >= 11 is 0. The Balaban J connectivity index is 2.11. The highest BCUT2D eigenvalue weighted by Gasteiger charge is 2.57. The van der Waals surface area contributed by atoms with Crippen LogP contribution in [-0.2, 0) is 4.79 Å². The summed E-state index contributed by atoms with van der Waals surface area (Å²) in [5, 5.41) is 9.16. The molecule has 2 aliphatic rings. The van der Waals surface area contributed by atoms with E-state index in [0.29, 0.717) is 18.3 Å². The molecule has 2 atom stereocenters. The third-order valence-electron chi connectivity index (χ3n) is 3.43. The second-order valence-corrected chi connectivity index (χ2v) is 4.35. The molecule has 0 spiro atoms. The van der Waals surface area contributed by atoms with Gasteiger partial charge in [-0.1, -0.05) is 0 Å². The molecule has 2 fully saturated rings. The molecule has 0 aromatic rings. The van der Waals surface area contributed by atoms with Crippen LogP contribution in [0.15, 0.2) is 0 Å². The van der Waals surface area contributed by atoms with Gasteiger partial charge in [0.25, 0.3) is 0 Å². The third-order valence-corrected chi connectivity index (χ3v) is 3.43. The molecule has 70 valence electrons. The van der Waals surface area contributed by atoms with Crippen molar-refractivity contribution >= 4 is 5.97 Å². The van der Waals surface area contributed by atoms with E-state index < -0.39 is 11.4 Å². The van der Waals surface area contributed by atoms with E-state index in [1.807, 2.05) is 0 Å². The first-order chi connectivity index (χ1) is 6.18. The highest BCUT2D eigenvalue weighted by atomic mass is 16.4. The Morgan fingerprint density at radius 3 is 2.62 bits per heavy atom. The molecule has 2 aliphatic carbocycles. The van der Waals surface area contributed by atoms with Gasteiger partial charge in [-0.25, -0.2) is 0 Å². The Bertz CT molecular complexity index is 285. The van der Waals surface area contributed by atoms with Crippen molar-refractivity contribution in [1.82, 2.24) is 0 Å². The molecule has 0 amide bonds. The molecule has 1 N–H and O–H groups in total. The van der Waals surface area contributed by atoms with E-state index in [1.54, 1.807) is 6.92 Å². The van der Waals surface area contributed by atoms with Gasteiger partial charge in [0.2, 0.25) is 0 Å². The lowest BCUT2D eigenvalue weighted by Gasteiger charge is -2.22. The van der Waals surface area contributed by atoms with Crippen molar-refractivity contribution in [1.29, 1.82) is 0 Å². The SMILES string of the molecule is CC#CCC1(C(=O)O)CC2CC2C1. The average molecular weight is 178 g/mol. The summed E-state index contributed by atoms with van der Waals surface area (Å²) in [6, 6.07) is 0. The highest BCUT2D eigenvalue weighted by Crippen LogP contribution is 2.61. The molecular formula is C11H14O2. The van der Waals surface area contributed by atoms with Crippen molar-refractivity contribution in [3.8, 4) is 11.8 Å². The molecule has 0 aliphatic heterocycles. The van der Waals surface area contributed by atoms with Crippen LogP contribution in [0.25, 0.3) is 0 Å². The minimum atomic E-state index is -0.637. The molecule has 2 rings (SSSR count). The van der Waals surface area contributed by atoms with Crippen molar-refractivity contribution in [3.63, 3.8) is 0 Å². The molecule has 0 heterocycles. The lowest BCUT2D eigenvalue weighted by molar-refractivity contribution is -0.149. The Morgan fingerprint density at radius 1 is 1.54 bits per heavy atom. The lowest BCUT2D eigenvalue weighted by Crippen LogP contribution is -2.28. The van der Waals surface area contributed by atoms with Gasteiger partial charge in [-0.05, 0) is 38.0 Å². The van der Waals surface area contributed by atoms with Gasteiger partial charge in [0.15, 0.2) is 0 Å². The standard InChI is InChI=1S/C11H14O2/c1-2-3-4-11(10(12)13)6-8-5-9(8)7-11/h8-9H,4-7H2,1H3,(H,12,13). The van der Waals surface area contributed by atoms with Crippen LogP contribution >= 0.6 is 0 Å². The zero-order valence-electron chi connectivity index (χ0n) is 7.84. The summed E-state index contributed by atoms with van der Waals surface area (Å²) in [5.41, 5.74) is -0.489. The van der Waals surface area contributed by atoms with Gasteiger partial charge in [-0.3, -0.25) is 4.79 Å². The van der Waals surface area contributed by atoms with Crippen LogP contribution in [0.4, 0.5) is 0 Å². The van der Waals surface area contributed by atoms with Crippen molar-refractivity contribution in [2.45, 2.75) is 32.6 Å². The number of carboxylic acids is 1. The van der Waals surface area contributed by atoms with Crippen molar-refractivity contribution in [3.05, 3.63) is 0 Å². The molecule has 2 saturated carbocycles. The van der Waals surface area contributed by atoms with Crippen LogP contribution in [0.5, 0.6) is 0 Å². The molecule has 0 radical (unpaired) electrons. The Labute approximate surface area is 78.3 Å². The van der Waals surface area contributed by atoms with Gasteiger partial charge in [-0.15, -0.1) is 11.8 Å².